The zero-order chi connectivity index (χ0) is 21.4. The first-order chi connectivity index (χ1) is 13.2. The van der Waals surface area contributed by atoms with Crippen LogP contribution in [0.4, 0.5) is 5.69 Å². The Bertz CT molecular complexity index is 863. The molecule has 0 fully saturated rings. The summed E-state index contributed by atoms with van der Waals surface area (Å²) in [5.41, 5.74) is 1.19. The smallest absolute Gasteiger partial charge is 0.336 e. The van der Waals surface area contributed by atoms with Gasteiger partial charge in [-0.25, -0.2) is 14.9 Å². The highest BCUT2D eigenvalue weighted by molar-refractivity contribution is 7.64. The fourth-order valence-electron chi connectivity index (χ4n) is 2.96. The predicted molar refractivity (Wildman–Crippen MR) is 101 cm³/mol. The Morgan fingerprint density at radius 3 is 1.96 bits per heavy atom. The minimum atomic E-state index is -0.970. The Labute approximate surface area is 167 Å². The summed E-state index contributed by atoms with van der Waals surface area (Å²) in [4.78, 5) is 35.6. The fourth-order valence-corrected chi connectivity index (χ4v) is 2.96. The van der Waals surface area contributed by atoms with E-state index in [0.29, 0.717) is 11.4 Å². The van der Waals surface area contributed by atoms with Crippen molar-refractivity contribution in [2.45, 2.75) is 19.8 Å². The van der Waals surface area contributed by atoms with E-state index in [0.717, 1.165) is 0 Å². The zero-order valence-electron chi connectivity index (χ0n) is 15.6. The lowest BCUT2D eigenvalue weighted by atomic mass is 9.79. The number of hydrogen-bond donors (Lipinski definition) is 1. The summed E-state index contributed by atoms with van der Waals surface area (Å²) < 4.78 is 9.66. The number of rotatable bonds is 4. The van der Waals surface area contributed by atoms with Crippen LogP contribution in [0.2, 0.25) is 0 Å². The van der Waals surface area contributed by atoms with Gasteiger partial charge in [0.15, 0.2) is 0 Å². The van der Waals surface area contributed by atoms with Gasteiger partial charge >= 0.3 is 11.9 Å². The Morgan fingerprint density at radius 1 is 1.14 bits per heavy atom. The van der Waals surface area contributed by atoms with E-state index in [1.165, 1.54) is 37.8 Å². The van der Waals surface area contributed by atoms with E-state index in [2.05, 4.69) is 17.9 Å². The lowest BCUT2D eigenvalue weighted by molar-refractivity contribution is -0.385. The molecule has 0 saturated heterocycles. The third-order valence-corrected chi connectivity index (χ3v) is 4.02. The number of carbonyl (C=O) groups is 2. The van der Waals surface area contributed by atoms with Crippen LogP contribution in [0, 0.1) is 20.8 Å². The van der Waals surface area contributed by atoms with Crippen molar-refractivity contribution in [2.24, 2.45) is 0 Å². The van der Waals surface area contributed by atoms with Crippen molar-refractivity contribution in [1.29, 1.82) is 5.26 Å². The molecule has 1 heterocycles. The van der Waals surface area contributed by atoms with E-state index in [1.54, 1.807) is 19.9 Å². The molecule has 0 saturated carbocycles. The fraction of sp³-hybridized carbons (Fsp3) is 0.278. The minimum absolute atomic E-state index is 0.128. The van der Waals surface area contributed by atoms with Crippen LogP contribution in [0.15, 0.2) is 46.8 Å². The maximum Gasteiger partial charge on any atom is 0.336 e. The normalized spacial score (nSPS) is 13.5. The van der Waals surface area contributed by atoms with Gasteiger partial charge in [-0.05, 0) is 13.8 Å². The third-order valence-electron chi connectivity index (χ3n) is 4.02. The number of nitrogens with one attached hydrogen (secondary N) is 1. The highest BCUT2D eigenvalue weighted by Crippen LogP contribution is 2.42. The van der Waals surface area contributed by atoms with E-state index in [1.807, 2.05) is 0 Å². The van der Waals surface area contributed by atoms with Gasteiger partial charge in [0.2, 0.25) is 0 Å². The number of thiocyanates is 1. The predicted octanol–water partition coefficient (Wildman–Crippen LogP) is 2.19. The average molecular weight is 404 g/mol. The zero-order valence-corrected chi connectivity index (χ0v) is 16.5. The van der Waals surface area contributed by atoms with Crippen molar-refractivity contribution in [2.75, 3.05) is 14.2 Å². The van der Waals surface area contributed by atoms with Crippen molar-refractivity contribution in [1.82, 2.24) is 5.32 Å². The summed E-state index contributed by atoms with van der Waals surface area (Å²) in [6.45, 7) is 3.29. The summed E-state index contributed by atoms with van der Waals surface area (Å²) in [5, 5.41) is 22.9. The quantitative estimate of drug-likeness (QED) is 0.264. The van der Waals surface area contributed by atoms with E-state index >= 15 is 0 Å². The average Bonchev–Trinajstić information content (AvgIpc) is 2.66. The second kappa shape index (κ2) is 10.0. The molecule has 148 valence electrons. The molecule has 1 N–H and O–H groups in total. The number of dihydropyridines is 1. The molecule has 2 rings (SSSR count). The van der Waals surface area contributed by atoms with Gasteiger partial charge in [-0.1, -0.05) is 23.6 Å². The van der Waals surface area contributed by atoms with Crippen LogP contribution in [-0.2, 0) is 31.7 Å². The van der Waals surface area contributed by atoms with Crippen LogP contribution in [0.3, 0.4) is 0 Å². The van der Waals surface area contributed by atoms with Crippen LogP contribution >= 0.6 is 0 Å². The van der Waals surface area contributed by atoms with Crippen LogP contribution in [0.5, 0.6) is 0 Å². The highest BCUT2D eigenvalue weighted by atomic mass is 32.1. The van der Waals surface area contributed by atoms with E-state index in [9.17, 15) is 19.7 Å². The molecule has 10 heteroatoms. The van der Waals surface area contributed by atoms with Gasteiger partial charge in [0.05, 0.1) is 36.2 Å². The van der Waals surface area contributed by atoms with Crippen molar-refractivity contribution in [3.05, 3.63) is 62.5 Å². The number of nitro benzene ring substituents is 1. The van der Waals surface area contributed by atoms with Crippen molar-refractivity contribution < 1.29 is 24.0 Å². The van der Waals surface area contributed by atoms with E-state index in [-0.39, 0.29) is 22.4 Å². The maximum atomic E-state index is 12.3. The van der Waals surface area contributed by atoms with Gasteiger partial charge in [0.25, 0.3) is 5.69 Å². The number of carbonyl (C=O) groups excluding carboxylic acids is 2. The molecular weight excluding hydrogens is 386 g/mol. The first kappa shape index (κ1) is 22.6. The SMILES string of the molecule is COC(=O)C1=C(C)NC(C)=C(C(=O)OC)C1c1ccccc1[N+](=O)[O-].N#C[S-]. The number of hydrogen-bond acceptors (Lipinski definition) is 9. The molecule has 1 aromatic rings. The Hall–Kier alpha value is -3.45. The summed E-state index contributed by atoms with van der Waals surface area (Å²) in [6.07, 6.45) is 0. The lowest BCUT2D eigenvalue weighted by Gasteiger charge is -2.29. The van der Waals surface area contributed by atoms with Crippen LogP contribution in [0.25, 0.3) is 0 Å². The number of nitro groups is 1. The number of allylic oxidation sites excluding steroid dienone is 2. The van der Waals surface area contributed by atoms with Gasteiger partial charge in [0.1, 0.15) is 0 Å². The molecule has 0 unspecified atom stereocenters. The molecule has 1 aliphatic rings. The summed E-state index contributed by atoms with van der Waals surface area (Å²) in [5.74, 6) is -2.33. The van der Waals surface area contributed by atoms with Gasteiger partial charge < -0.3 is 27.4 Å². The van der Waals surface area contributed by atoms with E-state index < -0.39 is 22.8 Å². The molecule has 0 spiro atoms. The molecule has 0 bridgehead atoms. The number of benzene rings is 1. The molecule has 28 heavy (non-hydrogen) atoms. The number of methoxy groups -OCH3 is 2. The highest BCUT2D eigenvalue weighted by Gasteiger charge is 2.40. The molecule has 1 aliphatic heterocycles. The Morgan fingerprint density at radius 2 is 1.57 bits per heavy atom. The van der Waals surface area contributed by atoms with Gasteiger partial charge in [-0.3, -0.25) is 10.1 Å². The topological polar surface area (TPSA) is 132 Å². The van der Waals surface area contributed by atoms with Gasteiger partial charge in [0, 0.05) is 23.0 Å². The van der Waals surface area contributed by atoms with Crippen molar-refractivity contribution >= 4 is 30.3 Å². The van der Waals surface area contributed by atoms with Gasteiger partial charge in [-0.15, -0.1) is 0 Å². The molecule has 1 aromatic carbocycles. The summed E-state index contributed by atoms with van der Waals surface area (Å²) >= 11 is 3.70. The monoisotopic (exact) mass is 404 g/mol. The molecule has 0 aromatic heterocycles. The van der Waals surface area contributed by atoms with Crippen molar-refractivity contribution in [3.63, 3.8) is 0 Å². The standard InChI is InChI=1S/C17H18N2O6.CHNS/c1-9-13(16(20)24-3)15(14(10(2)18-9)17(21)25-4)11-7-5-6-8-12(11)19(22)23;2-1-3/h5-8,15,18H,1-4H3;3H/p-1. The second-order valence-corrected chi connectivity index (χ2v) is 5.71. The van der Waals surface area contributed by atoms with Crippen LogP contribution < -0.4 is 5.32 Å². The number of para-hydroxylation sites is 1. The van der Waals surface area contributed by atoms with Gasteiger partial charge in [-0.2, -0.15) is 0 Å². The van der Waals surface area contributed by atoms with Crippen molar-refractivity contribution in [3.8, 4) is 5.40 Å². The number of ether oxygens (including phenoxy) is 2. The minimum Gasteiger partial charge on any atom is -0.696 e. The molecular formula is C18H18N3O6S-. The molecule has 0 radical (unpaired) electrons. The summed E-state index contributed by atoms with van der Waals surface area (Å²) in [7, 11) is 2.42. The number of esters is 2. The molecule has 0 atom stereocenters. The first-order valence-corrected chi connectivity index (χ1v) is 8.25. The maximum absolute atomic E-state index is 12.3. The van der Waals surface area contributed by atoms with Crippen LogP contribution in [-0.4, -0.2) is 31.1 Å². The lowest BCUT2D eigenvalue weighted by Crippen LogP contribution is -2.32. The Balaban J connectivity index is 0.00000122. The number of nitrogens with zero attached hydrogens (tertiary/aromatic N) is 2. The molecule has 9 nitrogen and oxygen atoms in total. The molecule has 0 aliphatic carbocycles. The third kappa shape index (κ3) is 4.63. The second-order valence-electron chi connectivity index (χ2n) is 5.53. The number of nitriles is 1. The van der Waals surface area contributed by atoms with E-state index in [4.69, 9.17) is 14.7 Å². The molecule has 0 amide bonds. The Kier molecular flexibility index (Phi) is 8.09. The summed E-state index contributed by atoms with van der Waals surface area (Å²) in [6, 6.07) is 5.97. The van der Waals surface area contributed by atoms with Crippen LogP contribution in [0.1, 0.15) is 25.3 Å². The first-order valence-electron chi connectivity index (χ1n) is 7.84. The largest absolute Gasteiger partial charge is 0.696 e.